The molecule has 6 heteroatoms. The van der Waals surface area contributed by atoms with Crippen LogP contribution in [0.15, 0.2) is 30.6 Å². The molecule has 0 unspecified atom stereocenters. The molecule has 0 fully saturated rings. The molecule has 0 bridgehead atoms. The van der Waals surface area contributed by atoms with Crippen LogP contribution in [0.3, 0.4) is 0 Å². The van der Waals surface area contributed by atoms with E-state index in [9.17, 15) is 0 Å². The number of methoxy groups -OCH3 is 2. The third-order valence-corrected chi connectivity index (χ3v) is 2.58. The Hall–Kier alpha value is -2.50. The molecule has 0 saturated heterocycles. The van der Waals surface area contributed by atoms with Gasteiger partial charge in [0.25, 0.3) is 5.88 Å². The first kappa shape index (κ1) is 13.9. The fourth-order valence-electron chi connectivity index (χ4n) is 1.68. The van der Waals surface area contributed by atoms with E-state index in [1.165, 1.54) is 6.33 Å². The maximum absolute atomic E-state index is 5.73. The first-order valence-electron chi connectivity index (χ1n) is 6.23. The maximum Gasteiger partial charge on any atom is 0.268 e. The van der Waals surface area contributed by atoms with E-state index in [0.717, 1.165) is 6.54 Å². The Kier molecular flexibility index (Phi) is 4.60. The fraction of sp³-hybridized carbons (Fsp3) is 0.286. The van der Waals surface area contributed by atoms with Crippen molar-refractivity contribution in [2.45, 2.75) is 6.92 Å². The summed E-state index contributed by atoms with van der Waals surface area (Å²) in [6.07, 6.45) is 1.43. The molecular formula is C14H17N3O3. The number of ether oxygens (including phenoxy) is 3. The van der Waals surface area contributed by atoms with Crippen LogP contribution in [0.2, 0.25) is 0 Å². The molecule has 0 aliphatic heterocycles. The van der Waals surface area contributed by atoms with Gasteiger partial charge in [-0.15, -0.1) is 0 Å². The Bertz CT molecular complexity index is 575. The Morgan fingerprint density at radius 1 is 1.10 bits per heavy atom. The molecule has 1 aromatic heterocycles. The number of hydrogen-bond donors (Lipinski definition) is 1. The standard InChI is InChI=1S/C14H17N3O3/c1-4-15-13-12(19-3)14(17-9-16-13)20-11-7-5-6-10(8-11)18-2/h5-9H,4H2,1-3H3,(H,15,16,17). The van der Waals surface area contributed by atoms with Crippen molar-refractivity contribution < 1.29 is 14.2 Å². The van der Waals surface area contributed by atoms with Gasteiger partial charge in [0.15, 0.2) is 5.82 Å². The molecule has 1 N–H and O–H groups in total. The minimum absolute atomic E-state index is 0.353. The summed E-state index contributed by atoms with van der Waals surface area (Å²) in [5.41, 5.74) is 0. The van der Waals surface area contributed by atoms with E-state index in [4.69, 9.17) is 14.2 Å². The predicted molar refractivity (Wildman–Crippen MR) is 75.8 cm³/mol. The maximum atomic E-state index is 5.73. The zero-order chi connectivity index (χ0) is 14.4. The van der Waals surface area contributed by atoms with Gasteiger partial charge in [-0.05, 0) is 19.1 Å². The predicted octanol–water partition coefficient (Wildman–Crippen LogP) is 2.72. The van der Waals surface area contributed by atoms with E-state index < -0.39 is 0 Å². The van der Waals surface area contributed by atoms with E-state index in [2.05, 4.69) is 15.3 Å². The second-order valence-corrected chi connectivity index (χ2v) is 3.87. The van der Waals surface area contributed by atoms with Crippen molar-refractivity contribution in [3.05, 3.63) is 30.6 Å². The monoisotopic (exact) mass is 275 g/mol. The van der Waals surface area contributed by atoms with E-state index in [1.807, 2.05) is 25.1 Å². The third-order valence-electron chi connectivity index (χ3n) is 2.58. The van der Waals surface area contributed by atoms with Crippen molar-refractivity contribution in [2.75, 3.05) is 26.1 Å². The Morgan fingerprint density at radius 2 is 1.90 bits per heavy atom. The number of nitrogens with zero attached hydrogens (tertiary/aromatic N) is 2. The van der Waals surface area contributed by atoms with E-state index >= 15 is 0 Å². The molecule has 6 nitrogen and oxygen atoms in total. The topological polar surface area (TPSA) is 65.5 Å². The number of hydrogen-bond acceptors (Lipinski definition) is 6. The molecule has 0 amide bonds. The van der Waals surface area contributed by atoms with Crippen LogP contribution in [0.4, 0.5) is 5.82 Å². The van der Waals surface area contributed by atoms with Gasteiger partial charge in [-0.25, -0.2) is 4.98 Å². The quantitative estimate of drug-likeness (QED) is 0.874. The van der Waals surface area contributed by atoms with Crippen LogP contribution >= 0.6 is 0 Å². The van der Waals surface area contributed by atoms with Gasteiger partial charge < -0.3 is 19.5 Å². The summed E-state index contributed by atoms with van der Waals surface area (Å²) in [6.45, 7) is 2.70. The largest absolute Gasteiger partial charge is 0.497 e. The lowest BCUT2D eigenvalue weighted by Crippen LogP contribution is -2.04. The van der Waals surface area contributed by atoms with Gasteiger partial charge in [0.05, 0.1) is 14.2 Å². The average Bonchev–Trinajstić information content (AvgIpc) is 2.48. The SMILES string of the molecule is CCNc1ncnc(Oc2cccc(OC)c2)c1OC. The molecule has 0 saturated carbocycles. The molecule has 20 heavy (non-hydrogen) atoms. The van der Waals surface area contributed by atoms with Crippen molar-refractivity contribution in [1.29, 1.82) is 0 Å². The summed E-state index contributed by atoms with van der Waals surface area (Å²) in [4.78, 5) is 8.23. The van der Waals surface area contributed by atoms with Crippen LogP contribution in [0.1, 0.15) is 6.92 Å². The lowest BCUT2D eigenvalue weighted by atomic mass is 10.3. The van der Waals surface area contributed by atoms with Gasteiger partial charge in [0.1, 0.15) is 17.8 Å². The molecule has 1 aromatic carbocycles. The summed E-state index contributed by atoms with van der Waals surface area (Å²) in [5, 5.41) is 3.09. The van der Waals surface area contributed by atoms with E-state index in [-0.39, 0.29) is 0 Å². The Balaban J connectivity index is 2.30. The summed E-state index contributed by atoms with van der Waals surface area (Å²) < 4.78 is 16.2. The van der Waals surface area contributed by atoms with Gasteiger partial charge in [-0.2, -0.15) is 4.98 Å². The first-order chi connectivity index (χ1) is 9.78. The highest BCUT2D eigenvalue weighted by molar-refractivity contribution is 5.56. The molecule has 2 aromatic rings. The van der Waals surface area contributed by atoms with Gasteiger partial charge >= 0.3 is 0 Å². The van der Waals surface area contributed by atoms with Crippen LogP contribution in [-0.4, -0.2) is 30.7 Å². The highest BCUT2D eigenvalue weighted by atomic mass is 16.5. The second kappa shape index (κ2) is 6.60. The third kappa shape index (κ3) is 3.09. The molecule has 106 valence electrons. The minimum Gasteiger partial charge on any atom is -0.497 e. The zero-order valence-electron chi connectivity index (χ0n) is 11.7. The summed E-state index contributed by atoms with van der Waals surface area (Å²) >= 11 is 0. The number of aromatic nitrogens is 2. The molecule has 0 aliphatic rings. The van der Waals surface area contributed by atoms with Crippen LogP contribution in [0.25, 0.3) is 0 Å². The molecule has 0 spiro atoms. The number of nitrogens with one attached hydrogen (secondary N) is 1. The minimum atomic E-state index is 0.353. The molecule has 0 aliphatic carbocycles. The second-order valence-electron chi connectivity index (χ2n) is 3.87. The van der Waals surface area contributed by atoms with Crippen LogP contribution in [-0.2, 0) is 0 Å². The van der Waals surface area contributed by atoms with Crippen LogP contribution in [0, 0.1) is 0 Å². The average molecular weight is 275 g/mol. The first-order valence-corrected chi connectivity index (χ1v) is 6.23. The molecular weight excluding hydrogens is 258 g/mol. The Labute approximate surface area is 117 Å². The molecule has 2 rings (SSSR count). The number of rotatable bonds is 6. The van der Waals surface area contributed by atoms with Crippen LogP contribution in [0.5, 0.6) is 23.1 Å². The number of anilines is 1. The van der Waals surface area contributed by atoms with Crippen LogP contribution < -0.4 is 19.5 Å². The van der Waals surface area contributed by atoms with E-state index in [1.54, 1.807) is 20.3 Å². The summed E-state index contributed by atoms with van der Waals surface area (Å²) in [5.74, 6) is 2.75. The highest BCUT2D eigenvalue weighted by Gasteiger charge is 2.13. The summed E-state index contributed by atoms with van der Waals surface area (Å²) in [7, 11) is 3.16. The van der Waals surface area contributed by atoms with Crippen molar-refractivity contribution >= 4 is 5.82 Å². The van der Waals surface area contributed by atoms with Gasteiger partial charge in [0.2, 0.25) is 5.75 Å². The van der Waals surface area contributed by atoms with Gasteiger partial charge in [-0.1, -0.05) is 6.07 Å². The fourth-order valence-corrected chi connectivity index (χ4v) is 1.68. The Morgan fingerprint density at radius 3 is 2.60 bits per heavy atom. The zero-order valence-corrected chi connectivity index (χ0v) is 11.7. The molecule has 0 atom stereocenters. The van der Waals surface area contributed by atoms with Gasteiger partial charge in [-0.3, -0.25) is 0 Å². The summed E-state index contributed by atoms with van der Waals surface area (Å²) in [6, 6.07) is 7.27. The van der Waals surface area contributed by atoms with Crippen molar-refractivity contribution in [2.24, 2.45) is 0 Å². The van der Waals surface area contributed by atoms with E-state index in [0.29, 0.717) is 28.9 Å². The lowest BCUT2D eigenvalue weighted by Gasteiger charge is -2.12. The lowest BCUT2D eigenvalue weighted by molar-refractivity contribution is 0.366. The van der Waals surface area contributed by atoms with Gasteiger partial charge in [0, 0.05) is 12.6 Å². The number of benzene rings is 1. The normalized spacial score (nSPS) is 9.95. The highest BCUT2D eigenvalue weighted by Crippen LogP contribution is 2.34. The van der Waals surface area contributed by atoms with Crippen molar-refractivity contribution in [3.63, 3.8) is 0 Å². The van der Waals surface area contributed by atoms with Crippen molar-refractivity contribution in [3.8, 4) is 23.1 Å². The molecule has 1 heterocycles. The van der Waals surface area contributed by atoms with Crippen molar-refractivity contribution in [1.82, 2.24) is 9.97 Å². The molecule has 0 radical (unpaired) electrons. The smallest absolute Gasteiger partial charge is 0.268 e.